The number of aliphatic hydroxyl groups excluding tert-OH is 10. The summed E-state index contributed by atoms with van der Waals surface area (Å²) in [5.74, 6) is 2.10. The molecule has 1 saturated heterocycles. The molecule has 13 N–H and O–H groups in total. The predicted octanol–water partition coefficient (Wildman–Crippen LogP) is -4.50. The third-order valence-electron chi connectivity index (χ3n) is 8.94. The van der Waals surface area contributed by atoms with E-state index in [-0.39, 0.29) is 0 Å². The number of nitrogens with one attached hydrogen (secondary N) is 1. The van der Waals surface area contributed by atoms with Crippen LogP contribution in [0.2, 0.25) is 0 Å². The first kappa shape index (κ1) is 38.2. The van der Waals surface area contributed by atoms with E-state index in [1.165, 1.54) is 12.8 Å². The Morgan fingerprint density at radius 3 is 1.84 bits per heavy atom. The molecule has 14 atom stereocenters. The summed E-state index contributed by atoms with van der Waals surface area (Å²) in [5, 5.41) is 91.7. The molecular weight excluding hydrogens is 584 g/mol. The SMILES string of the molecule is CO.NCC1CC2C=CC1C2.O=C(NCC1CC2C=CC1C2)C(O)C(O)C(O)C(O)CO.O=C1OC(CO)C(O)C(O)C1O. The van der Waals surface area contributed by atoms with Gasteiger partial charge in [-0.05, 0) is 67.7 Å². The topological polar surface area (TPSA) is 284 Å². The normalized spacial score (nSPS) is 36.9. The zero-order chi connectivity index (χ0) is 33.1. The second-order valence-corrected chi connectivity index (χ2v) is 11.8. The Bertz CT molecular complexity index is 950. The van der Waals surface area contributed by atoms with Gasteiger partial charge in [0.25, 0.3) is 5.91 Å². The minimum absolute atomic E-state index is 0.334. The van der Waals surface area contributed by atoms with E-state index in [1.54, 1.807) is 0 Å². The van der Waals surface area contributed by atoms with E-state index in [0.29, 0.717) is 24.3 Å². The van der Waals surface area contributed by atoms with Crippen molar-refractivity contribution < 1.29 is 65.4 Å². The smallest absolute Gasteiger partial charge is 0.338 e. The van der Waals surface area contributed by atoms with Crippen molar-refractivity contribution in [2.24, 2.45) is 41.2 Å². The summed E-state index contributed by atoms with van der Waals surface area (Å²) in [6.45, 7) is -0.0565. The second-order valence-electron chi connectivity index (χ2n) is 11.8. The fourth-order valence-corrected chi connectivity index (χ4v) is 6.29. The number of fused-ring (bicyclic) bond motifs is 4. The van der Waals surface area contributed by atoms with Crippen LogP contribution in [0.15, 0.2) is 24.3 Å². The van der Waals surface area contributed by atoms with Crippen molar-refractivity contribution in [1.29, 1.82) is 0 Å². The standard InChI is InChI=1S/C14H23NO6.C8H13N.C6H10O6.CH4O/c16-6-10(17)11(18)12(19)13(20)14(21)15-5-9-4-7-1-2-8(9)3-7;9-5-8-4-6-1-2-7(8)3-6;7-1-2-3(8)4(9)5(10)6(11)12-2;1-2/h1-2,7-13,16-20H,3-6H2,(H,15,21);1-2,6-8H,3-5,9H2;2-5,7-10H,1H2;2H,1H3. The van der Waals surface area contributed by atoms with Gasteiger partial charge in [0.15, 0.2) is 18.3 Å². The van der Waals surface area contributed by atoms with Gasteiger partial charge in [-0.15, -0.1) is 0 Å². The lowest BCUT2D eigenvalue weighted by atomic mass is 9.93. The number of carbonyl (C=O) groups is 2. The summed E-state index contributed by atoms with van der Waals surface area (Å²) in [4.78, 5) is 22.4. The minimum atomic E-state index is -1.85. The maximum absolute atomic E-state index is 11.8. The number of amides is 1. The molecule has 2 saturated carbocycles. The van der Waals surface area contributed by atoms with Gasteiger partial charge in [-0.1, -0.05) is 24.3 Å². The van der Waals surface area contributed by atoms with Crippen LogP contribution in [-0.2, 0) is 14.3 Å². The first-order chi connectivity index (χ1) is 20.9. The largest absolute Gasteiger partial charge is 0.455 e. The number of allylic oxidation sites excluding steroid dienone is 4. The van der Waals surface area contributed by atoms with Crippen LogP contribution in [0.5, 0.6) is 0 Å². The molecule has 4 aliphatic carbocycles. The molecule has 15 heteroatoms. The van der Waals surface area contributed by atoms with Crippen molar-refractivity contribution in [3.63, 3.8) is 0 Å². The van der Waals surface area contributed by atoms with Crippen molar-refractivity contribution in [3.8, 4) is 0 Å². The number of cyclic esters (lactones) is 1. The van der Waals surface area contributed by atoms with Gasteiger partial charge < -0.3 is 66.9 Å². The molecule has 0 aromatic heterocycles. The summed E-state index contributed by atoms with van der Waals surface area (Å²) in [7, 11) is 1.00. The van der Waals surface area contributed by atoms with Crippen LogP contribution in [0.4, 0.5) is 0 Å². The number of hydrogen-bond donors (Lipinski definition) is 12. The lowest BCUT2D eigenvalue weighted by molar-refractivity contribution is -0.206. The molecule has 0 aromatic carbocycles. The fraction of sp³-hybridized carbons (Fsp3) is 0.793. The van der Waals surface area contributed by atoms with Crippen molar-refractivity contribution in [1.82, 2.24) is 5.32 Å². The lowest BCUT2D eigenvalue weighted by Crippen LogP contribution is -2.56. The number of carbonyl (C=O) groups excluding carboxylic acids is 2. The molecule has 44 heavy (non-hydrogen) atoms. The summed E-state index contributed by atoms with van der Waals surface area (Å²) in [5.41, 5.74) is 5.59. The van der Waals surface area contributed by atoms with E-state index < -0.39 is 73.9 Å². The van der Waals surface area contributed by atoms with Crippen LogP contribution in [0.1, 0.15) is 25.7 Å². The van der Waals surface area contributed by atoms with Gasteiger partial charge in [-0.25, -0.2) is 4.79 Å². The van der Waals surface area contributed by atoms with Gasteiger partial charge in [0.05, 0.1) is 13.2 Å². The minimum Gasteiger partial charge on any atom is -0.455 e. The summed E-state index contributed by atoms with van der Waals surface area (Å²) in [6, 6.07) is 0. The molecule has 5 rings (SSSR count). The van der Waals surface area contributed by atoms with Gasteiger partial charge in [-0.2, -0.15) is 0 Å². The summed E-state index contributed by atoms with van der Waals surface area (Å²) < 4.78 is 4.38. The van der Waals surface area contributed by atoms with Gasteiger partial charge in [0.2, 0.25) is 0 Å². The predicted molar refractivity (Wildman–Crippen MR) is 154 cm³/mol. The zero-order valence-electron chi connectivity index (χ0n) is 24.8. The summed E-state index contributed by atoms with van der Waals surface area (Å²) >= 11 is 0. The molecule has 1 amide bonds. The number of nitrogens with two attached hydrogens (primary N) is 1. The zero-order valence-corrected chi connectivity index (χ0v) is 24.8. The van der Waals surface area contributed by atoms with Gasteiger partial charge in [-0.3, -0.25) is 4.79 Å². The molecule has 15 nitrogen and oxygen atoms in total. The van der Waals surface area contributed by atoms with Crippen molar-refractivity contribution in [2.45, 2.75) is 74.5 Å². The highest BCUT2D eigenvalue weighted by molar-refractivity contribution is 5.81. The van der Waals surface area contributed by atoms with Crippen LogP contribution in [0, 0.1) is 35.5 Å². The Kier molecular flexibility index (Phi) is 15.8. The van der Waals surface area contributed by atoms with Crippen molar-refractivity contribution in [2.75, 3.05) is 33.4 Å². The molecule has 14 unspecified atom stereocenters. The Balaban J connectivity index is 0.000000246. The lowest BCUT2D eigenvalue weighted by Gasteiger charge is -2.32. The van der Waals surface area contributed by atoms with Gasteiger partial charge >= 0.3 is 5.97 Å². The average Bonchev–Trinajstić information content (AvgIpc) is 3.87. The molecule has 4 bridgehead atoms. The first-order valence-corrected chi connectivity index (χ1v) is 14.9. The van der Waals surface area contributed by atoms with E-state index in [1.807, 2.05) is 0 Å². The third-order valence-corrected chi connectivity index (χ3v) is 8.94. The summed E-state index contributed by atoms with van der Waals surface area (Å²) in [6.07, 6.45) is 0.874. The van der Waals surface area contributed by atoms with E-state index in [2.05, 4.69) is 34.4 Å². The number of ether oxygens (including phenoxy) is 1. The number of esters is 1. The Labute approximate surface area is 256 Å². The monoisotopic (exact) mass is 634 g/mol. The molecule has 0 aromatic rings. The van der Waals surface area contributed by atoms with Crippen LogP contribution >= 0.6 is 0 Å². The molecule has 1 aliphatic heterocycles. The average molecular weight is 635 g/mol. The van der Waals surface area contributed by atoms with Crippen LogP contribution in [0.25, 0.3) is 0 Å². The molecule has 0 radical (unpaired) electrons. The number of hydrogen-bond acceptors (Lipinski definition) is 14. The molecule has 254 valence electrons. The molecule has 3 fully saturated rings. The van der Waals surface area contributed by atoms with Gasteiger partial charge in [0, 0.05) is 13.7 Å². The van der Waals surface area contributed by atoms with E-state index in [9.17, 15) is 30.0 Å². The number of rotatable bonds is 9. The highest BCUT2D eigenvalue weighted by Crippen LogP contribution is 2.43. The Morgan fingerprint density at radius 2 is 1.43 bits per heavy atom. The fourth-order valence-electron chi connectivity index (χ4n) is 6.29. The van der Waals surface area contributed by atoms with Crippen LogP contribution < -0.4 is 11.1 Å². The molecular formula is C29H50N2O13. The van der Waals surface area contributed by atoms with E-state index >= 15 is 0 Å². The highest BCUT2D eigenvalue weighted by atomic mass is 16.6. The first-order valence-electron chi connectivity index (χ1n) is 14.9. The highest BCUT2D eigenvalue weighted by Gasteiger charge is 2.43. The molecule has 1 heterocycles. The van der Waals surface area contributed by atoms with E-state index in [0.717, 1.165) is 44.2 Å². The van der Waals surface area contributed by atoms with Crippen molar-refractivity contribution in [3.05, 3.63) is 24.3 Å². The maximum Gasteiger partial charge on any atom is 0.338 e. The van der Waals surface area contributed by atoms with E-state index in [4.69, 9.17) is 36.4 Å². The quantitative estimate of drug-likeness (QED) is 0.0841. The molecule has 5 aliphatic rings. The van der Waals surface area contributed by atoms with Crippen LogP contribution in [0.3, 0.4) is 0 Å². The Hall–Kier alpha value is -2.02. The second kappa shape index (κ2) is 18.2. The maximum atomic E-state index is 11.8. The molecule has 0 spiro atoms. The van der Waals surface area contributed by atoms with Crippen molar-refractivity contribution >= 4 is 11.9 Å². The Morgan fingerprint density at radius 1 is 0.886 bits per heavy atom. The number of aliphatic hydroxyl groups is 10. The third kappa shape index (κ3) is 9.74. The van der Waals surface area contributed by atoms with Crippen LogP contribution in [-0.4, -0.2) is 145 Å². The van der Waals surface area contributed by atoms with Gasteiger partial charge in [0.1, 0.15) is 30.5 Å².